The summed E-state index contributed by atoms with van der Waals surface area (Å²) in [4.78, 5) is 0. The Morgan fingerprint density at radius 1 is 1.44 bits per heavy atom. The number of likely N-dealkylation sites (N-methyl/N-ethyl adjacent to an activating group) is 1. The number of aromatic nitrogens is 1. The number of rotatable bonds is 4. The van der Waals surface area contributed by atoms with Gasteiger partial charge in [0.1, 0.15) is 12.1 Å². The summed E-state index contributed by atoms with van der Waals surface area (Å²) < 4.78 is 18.0. The summed E-state index contributed by atoms with van der Waals surface area (Å²) in [6, 6.07) is 6.43. The van der Waals surface area contributed by atoms with Gasteiger partial charge in [-0.1, -0.05) is 17.3 Å². The summed E-state index contributed by atoms with van der Waals surface area (Å²) in [5, 5.41) is 6.96. The molecule has 1 aromatic heterocycles. The molecule has 0 amide bonds. The van der Waals surface area contributed by atoms with Crippen LogP contribution in [0.25, 0.3) is 11.1 Å². The largest absolute Gasteiger partial charge is 0.364 e. The van der Waals surface area contributed by atoms with Gasteiger partial charge in [0.05, 0.1) is 5.69 Å². The Morgan fingerprint density at radius 2 is 2.31 bits per heavy atom. The molecule has 84 valence electrons. The Labute approximate surface area is 93.3 Å². The highest BCUT2D eigenvalue weighted by atomic mass is 19.1. The molecule has 4 heteroatoms. The molecular weight excluding hydrogens is 207 g/mol. The third-order valence-electron chi connectivity index (χ3n) is 2.39. The van der Waals surface area contributed by atoms with E-state index in [-0.39, 0.29) is 5.82 Å². The van der Waals surface area contributed by atoms with Crippen LogP contribution in [0.1, 0.15) is 5.69 Å². The highest BCUT2D eigenvalue weighted by Gasteiger charge is 2.09. The quantitative estimate of drug-likeness (QED) is 0.858. The van der Waals surface area contributed by atoms with E-state index >= 15 is 0 Å². The van der Waals surface area contributed by atoms with Crippen LogP contribution in [0.3, 0.4) is 0 Å². The smallest absolute Gasteiger partial charge is 0.131 e. The Morgan fingerprint density at radius 3 is 3.06 bits per heavy atom. The predicted octanol–water partition coefficient (Wildman–Crippen LogP) is 2.24. The van der Waals surface area contributed by atoms with Gasteiger partial charge in [0.25, 0.3) is 0 Å². The predicted molar refractivity (Wildman–Crippen MR) is 59.5 cm³/mol. The van der Waals surface area contributed by atoms with E-state index in [1.54, 1.807) is 12.3 Å². The van der Waals surface area contributed by atoms with Gasteiger partial charge in [-0.25, -0.2) is 4.39 Å². The first kappa shape index (κ1) is 10.8. The third-order valence-corrected chi connectivity index (χ3v) is 2.39. The summed E-state index contributed by atoms with van der Waals surface area (Å²) in [7, 11) is 1.88. The average Bonchev–Trinajstić information content (AvgIpc) is 2.74. The lowest BCUT2D eigenvalue weighted by molar-refractivity contribution is 0.411. The van der Waals surface area contributed by atoms with Crippen LogP contribution in [0.5, 0.6) is 0 Å². The van der Waals surface area contributed by atoms with Crippen molar-refractivity contribution >= 4 is 0 Å². The van der Waals surface area contributed by atoms with E-state index in [2.05, 4.69) is 10.5 Å². The van der Waals surface area contributed by atoms with E-state index in [9.17, 15) is 4.39 Å². The van der Waals surface area contributed by atoms with E-state index in [1.807, 2.05) is 13.1 Å². The molecule has 0 spiro atoms. The highest BCUT2D eigenvalue weighted by Crippen LogP contribution is 2.23. The van der Waals surface area contributed by atoms with Crippen LogP contribution in [0.15, 0.2) is 35.1 Å². The minimum Gasteiger partial charge on any atom is -0.364 e. The van der Waals surface area contributed by atoms with Crippen LogP contribution in [-0.2, 0) is 6.42 Å². The summed E-state index contributed by atoms with van der Waals surface area (Å²) in [6.07, 6.45) is 2.32. The fourth-order valence-electron chi connectivity index (χ4n) is 1.57. The summed E-state index contributed by atoms with van der Waals surface area (Å²) in [5.41, 5.74) is 2.50. The van der Waals surface area contributed by atoms with Crippen molar-refractivity contribution in [2.75, 3.05) is 13.6 Å². The van der Waals surface area contributed by atoms with Crippen LogP contribution in [0.4, 0.5) is 4.39 Å². The second-order valence-corrected chi connectivity index (χ2v) is 3.54. The fourth-order valence-corrected chi connectivity index (χ4v) is 1.57. The fraction of sp³-hybridized carbons (Fsp3) is 0.250. The lowest BCUT2D eigenvalue weighted by Crippen LogP contribution is -2.10. The molecule has 0 aliphatic heterocycles. The van der Waals surface area contributed by atoms with Gasteiger partial charge in [0, 0.05) is 18.5 Å². The van der Waals surface area contributed by atoms with Gasteiger partial charge in [-0.15, -0.1) is 0 Å². The van der Waals surface area contributed by atoms with Gasteiger partial charge >= 0.3 is 0 Å². The molecule has 0 saturated carbocycles. The van der Waals surface area contributed by atoms with Gasteiger partial charge in [-0.05, 0) is 24.7 Å². The molecule has 16 heavy (non-hydrogen) atoms. The number of hydrogen-bond acceptors (Lipinski definition) is 3. The first-order valence-electron chi connectivity index (χ1n) is 5.15. The first-order chi connectivity index (χ1) is 7.81. The standard InChI is InChI=1S/C12H13FN2O/c1-14-6-5-12-11(8-16-15-12)9-3-2-4-10(13)7-9/h2-4,7-8,14H,5-6H2,1H3. The molecule has 1 aromatic carbocycles. The summed E-state index contributed by atoms with van der Waals surface area (Å²) in [5.74, 6) is -0.252. The number of hydrogen-bond donors (Lipinski definition) is 1. The SMILES string of the molecule is CNCCc1nocc1-c1cccc(F)c1. The Hall–Kier alpha value is -1.68. The molecule has 0 radical (unpaired) electrons. The monoisotopic (exact) mass is 220 g/mol. The van der Waals surface area contributed by atoms with Gasteiger partial charge in [-0.3, -0.25) is 0 Å². The minimum absolute atomic E-state index is 0.252. The maximum Gasteiger partial charge on any atom is 0.131 e. The van der Waals surface area contributed by atoms with Gasteiger partial charge in [-0.2, -0.15) is 0 Å². The summed E-state index contributed by atoms with van der Waals surface area (Å²) >= 11 is 0. The Kier molecular flexibility index (Phi) is 3.31. The van der Waals surface area contributed by atoms with Crippen LogP contribution in [0, 0.1) is 5.82 Å². The van der Waals surface area contributed by atoms with Crippen molar-refractivity contribution in [2.45, 2.75) is 6.42 Å². The molecule has 0 bridgehead atoms. The highest BCUT2D eigenvalue weighted by molar-refractivity contribution is 5.64. The summed E-state index contributed by atoms with van der Waals surface area (Å²) in [6.45, 7) is 0.814. The van der Waals surface area contributed by atoms with Gasteiger partial charge in [0.2, 0.25) is 0 Å². The van der Waals surface area contributed by atoms with Crippen LogP contribution in [-0.4, -0.2) is 18.7 Å². The zero-order valence-electron chi connectivity index (χ0n) is 9.03. The number of nitrogens with zero attached hydrogens (tertiary/aromatic N) is 1. The average molecular weight is 220 g/mol. The lowest BCUT2D eigenvalue weighted by Gasteiger charge is -2.01. The molecule has 0 unspecified atom stereocenters. The van der Waals surface area contributed by atoms with E-state index in [0.29, 0.717) is 0 Å². The molecule has 1 N–H and O–H groups in total. The molecule has 1 heterocycles. The second-order valence-electron chi connectivity index (χ2n) is 3.54. The van der Waals surface area contributed by atoms with Crippen molar-refractivity contribution < 1.29 is 8.91 Å². The molecular formula is C12H13FN2O. The number of benzene rings is 1. The van der Waals surface area contributed by atoms with Crippen LogP contribution >= 0.6 is 0 Å². The van der Waals surface area contributed by atoms with Crippen molar-refractivity contribution in [3.8, 4) is 11.1 Å². The Balaban J connectivity index is 2.29. The third kappa shape index (κ3) is 2.28. The molecule has 2 rings (SSSR count). The molecule has 3 nitrogen and oxygen atoms in total. The maximum absolute atomic E-state index is 13.1. The van der Waals surface area contributed by atoms with Crippen molar-refractivity contribution in [1.29, 1.82) is 0 Å². The molecule has 0 aliphatic carbocycles. The van der Waals surface area contributed by atoms with E-state index in [1.165, 1.54) is 12.1 Å². The van der Waals surface area contributed by atoms with Crippen LogP contribution in [0.2, 0.25) is 0 Å². The Bertz CT molecular complexity index is 468. The van der Waals surface area contributed by atoms with Crippen molar-refractivity contribution in [3.63, 3.8) is 0 Å². The topological polar surface area (TPSA) is 38.1 Å². The van der Waals surface area contributed by atoms with Crippen molar-refractivity contribution in [2.24, 2.45) is 0 Å². The maximum atomic E-state index is 13.1. The molecule has 0 atom stereocenters. The zero-order chi connectivity index (χ0) is 11.4. The van der Waals surface area contributed by atoms with Gasteiger partial charge in [0.15, 0.2) is 0 Å². The van der Waals surface area contributed by atoms with E-state index in [0.717, 1.165) is 29.8 Å². The van der Waals surface area contributed by atoms with Crippen molar-refractivity contribution in [1.82, 2.24) is 10.5 Å². The number of nitrogens with one attached hydrogen (secondary N) is 1. The van der Waals surface area contributed by atoms with Gasteiger partial charge < -0.3 is 9.84 Å². The first-order valence-corrected chi connectivity index (χ1v) is 5.15. The van der Waals surface area contributed by atoms with E-state index < -0.39 is 0 Å². The molecule has 0 saturated heterocycles. The zero-order valence-corrected chi connectivity index (χ0v) is 9.03. The van der Waals surface area contributed by atoms with Crippen LogP contribution < -0.4 is 5.32 Å². The minimum atomic E-state index is -0.252. The van der Waals surface area contributed by atoms with Crippen molar-refractivity contribution in [3.05, 3.63) is 42.0 Å². The molecule has 0 fully saturated rings. The molecule has 2 aromatic rings. The second kappa shape index (κ2) is 4.90. The number of halogens is 1. The van der Waals surface area contributed by atoms with E-state index in [4.69, 9.17) is 4.52 Å². The molecule has 0 aliphatic rings. The lowest BCUT2D eigenvalue weighted by atomic mass is 10.1. The normalized spacial score (nSPS) is 10.6.